The zero-order chi connectivity index (χ0) is 21.5. The zero-order valence-corrected chi connectivity index (χ0v) is 17.3. The first-order chi connectivity index (χ1) is 14.4. The van der Waals surface area contributed by atoms with Crippen molar-refractivity contribution in [2.75, 3.05) is 16.4 Å². The van der Waals surface area contributed by atoms with Gasteiger partial charge in [-0.2, -0.15) is 0 Å². The van der Waals surface area contributed by atoms with Crippen LogP contribution in [-0.2, 0) is 4.79 Å². The van der Waals surface area contributed by atoms with Crippen LogP contribution >= 0.6 is 11.8 Å². The Hall–Kier alpha value is -3.52. The predicted molar refractivity (Wildman–Crippen MR) is 117 cm³/mol. The molecule has 0 aliphatic rings. The van der Waals surface area contributed by atoms with Crippen LogP contribution in [0.2, 0.25) is 0 Å². The standard InChI is InChI=1S/C22H20N4O3S/c1-14-6-8-16(9-7-14)22(29)24-19-10-11-21(26-25-19)30-13-20(28)23-18-5-3-4-17(12-18)15(2)27/h3-12H,13H2,1-2H3,(H,23,28)(H,24,25,29). The molecule has 0 atom stereocenters. The van der Waals surface area contributed by atoms with Crippen molar-refractivity contribution in [3.05, 3.63) is 77.4 Å². The van der Waals surface area contributed by atoms with E-state index in [0.29, 0.717) is 27.7 Å². The van der Waals surface area contributed by atoms with E-state index in [-0.39, 0.29) is 23.4 Å². The largest absolute Gasteiger partial charge is 0.325 e. The van der Waals surface area contributed by atoms with Gasteiger partial charge in [0.15, 0.2) is 11.6 Å². The van der Waals surface area contributed by atoms with E-state index < -0.39 is 0 Å². The maximum absolute atomic E-state index is 12.2. The van der Waals surface area contributed by atoms with Crippen molar-refractivity contribution in [1.29, 1.82) is 0 Å². The second kappa shape index (κ2) is 9.80. The lowest BCUT2D eigenvalue weighted by Crippen LogP contribution is -2.15. The first-order valence-electron chi connectivity index (χ1n) is 9.16. The average molecular weight is 420 g/mol. The Morgan fingerprint density at radius 3 is 2.33 bits per heavy atom. The molecular weight excluding hydrogens is 400 g/mol. The number of hydrogen-bond acceptors (Lipinski definition) is 6. The molecule has 0 spiro atoms. The lowest BCUT2D eigenvalue weighted by Gasteiger charge is -2.07. The summed E-state index contributed by atoms with van der Waals surface area (Å²) in [5.74, 6) is -0.0921. The van der Waals surface area contributed by atoms with Crippen LogP contribution in [0, 0.1) is 6.92 Å². The zero-order valence-electron chi connectivity index (χ0n) is 16.5. The molecule has 0 unspecified atom stereocenters. The van der Waals surface area contributed by atoms with E-state index >= 15 is 0 Å². The average Bonchev–Trinajstić information content (AvgIpc) is 2.74. The van der Waals surface area contributed by atoms with Gasteiger partial charge in [0, 0.05) is 16.8 Å². The van der Waals surface area contributed by atoms with E-state index in [0.717, 1.165) is 5.56 Å². The number of ketones is 1. The van der Waals surface area contributed by atoms with Gasteiger partial charge >= 0.3 is 0 Å². The number of nitrogens with one attached hydrogen (secondary N) is 2. The van der Waals surface area contributed by atoms with Gasteiger partial charge in [-0.15, -0.1) is 10.2 Å². The summed E-state index contributed by atoms with van der Waals surface area (Å²) in [6.45, 7) is 3.43. The van der Waals surface area contributed by atoms with Crippen LogP contribution in [0.25, 0.3) is 0 Å². The molecule has 1 heterocycles. The molecule has 0 radical (unpaired) electrons. The summed E-state index contributed by atoms with van der Waals surface area (Å²) in [7, 11) is 0. The van der Waals surface area contributed by atoms with Gasteiger partial charge in [0.1, 0.15) is 5.03 Å². The molecule has 2 N–H and O–H groups in total. The highest BCUT2D eigenvalue weighted by molar-refractivity contribution is 7.99. The van der Waals surface area contributed by atoms with Crippen molar-refractivity contribution in [3.63, 3.8) is 0 Å². The Morgan fingerprint density at radius 1 is 0.900 bits per heavy atom. The van der Waals surface area contributed by atoms with Crippen LogP contribution in [-0.4, -0.2) is 33.5 Å². The molecule has 8 heteroatoms. The van der Waals surface area contributed by atoms with Gasteiger partial charge in [0.2, 0.25) is 5.91 Å². The Morgan fingerprint density at radius 2 is 1.67 bits per heavy atom. The SMILES string of the molecule is CC(=O)c1cccc(NC(=O)CSc2ccc(NC(=O)c3ccc(C)cc3)nn2)c1. The third kappa shape index (κ3) is 5.99. The van der Waals surface area contributed by atoms with Gasteiger partial charge in [0.05, 0.1) is 5.75 Å². The minimum Gasteiger partial charge on any atom is -0.325 e. The van der Waals surface area contributed by atoms with Crippen molar-refractivity contribution in [3.8, 4) is 0 Å². The molecule has 0 bridgehead atoms. The van der Waals surface area contributed by atoms with Crippen LogP contribution in [0.4, 0.5) is 11.5 Å². The highest BCUT2D eigenvalue weighted by Gasteiger charge is 2.09. The number of benzene rings is 2. The molecule has 3 rings (SSSR count). The second-order valence-electron chi connectivity index (χ2n) is 6.55. The van der Waals surface area contributed by atoms with Crippen molar-refractivity contribution < 1.29 is 14.4 Å². The number of aryl methyl sites for hydroxylation is 1. The van der Waals surface area contributed by atoms with Crippen LogP contribution in [0.15, 0.2) is 65.7 Å². The number of aromatic nitrogens is 2. The molecule has 30 heavy (non-hydrogen) atoms. The van der Waals surface area contributed by atoms with Gasteiger partial charge in [-0.1, -0.05) is 41.6 Å². The van der Waals surface area contributed by atoms with E-state index in [9.17, 15) is 14.4 Å². The smallest absolute Gasteiger partial charge is 0.256 e. The molecule has 2 aromatic carbocycles. The molecule has 0 aliphatic heterocycles. The summed E-state index contributed by atoms with van der Waals surface area (Å²) < 4.78 is 0. The molecule has 2 amide bonds. The number of amides is 2. The lowest BCUT2D eigenvalue weighted by molar-refractivity contribution is -0.113. The van der Waals surface area contributed by atoms with Crippen LogP contribution in [0.1, 0.15) is 33.2 Å². The van der Waals surface area contributed by atoms with Gasteiger partial charge in [-0.25, -0.2) is 0 Å². The van der Waals surface area contributed by atoms with Crippen molar-refractivity contribution in [2.24, 2.45) is 0 Å². The van der Waals surface area contributed by atoms with Gasteiger partial charge in [0.25, 0.3) is 5.91 Å². The fourth-order valence-corrected chi connectivity index (χ4v) is 3.12. The van der Waals surface area contributed by atoms with Crippen LogP contribution < -0.4 is 10.6 Å². The second-order valence-corrected chi connectivity index (χ2v) is 7.55. The van der Waals surface area contributed by atoms with Crippen molar-refractivity contribution in [2.45, 2.75) is 18.9 Å². The summed E-state index contributed by atoms with van der Waals surface area (Å²) in [5.41, 5.74) is 2.71. The molecule has 1 aromatic heterocycles. The Balaban J connectivity index is 1.51. The summed E-state index contributed by atoms with van der Waals surface area (Å²) in [6, 6.07) is 17.3. The van der Waals surface area contributed by atoms with Crippen LogP contribution in [0.5, 0.6) is 0 Å². The topological polar surface area (TPSA) is 101 Å². The minimum absolute atomic E-state index is 0.0645. The molecule has 0 aliphatic carbocycles. The number of anilines is 2. The number of carbonyl (C=O) groups excluding carboxylic acids is 3. The number of nitrogens with zero attached hydrogens (tertiary/aromatic N) is 2. The van der Waals surface area contributed by atoms with Crippen LogP contribution in [0.3, 0.4) is 0 Å². The molecule has 0 saturated carbocycles. The normalized spacial score (nSPS) is 10.3. The van der Waals surface area contributed by atoms with E-state index in [1.165, 1.54) is 18.7 Å². The van der Waals surface area contributed by atoms with E-state index in [4.69, 9.17) is 0 Å². The molecule has 0 saturated heterocycles. The van der Waals surface area contributed by atoms with E-state index in [1.54, 1.807) is 48.5 Å². The summed E-state index contributed by atoms with van der Waals surface area (Å²) in [6.07, 6.45) is 0. The maximum Gasteiger partial charge on any atom is 0.256 e. The molecule has 152 valence electrons. The van der Waals surface area contributed by atoms with E-state index in [1.807, 2.05) is 19.1 Å². The number of carbonyl (C=O) groups is 3. The monoisotopic (exact) mass is 420 g/mol. The Bertz CT molecular complexity index is 1070. The summed E-state index contributed by atoms with van der Waals surface area (Å²) in [4.78, 5) is 35.8. The quantitative estimate of drug-likeness (QED) is 0.443. The summed E-state index contributed by atoms with van der Waals surface area (Å²) >= 11 is 1.22. The molecule has 0 fully saturated rings. The lowest BCUT2D eigenvalue weighted by atomic mass is 10.1. The first kappa shape index (κ1) is 21.2. The van der Waals surface area contributed by atoms with Crippen molar-refractivity contribution >= 4 is 40.9 Å². The molecular formula is C22H20N4O3S. The maximum atomic E-state index is 12.2. The highest BCUT2D eigenvalue weighted by Crippen LogP contribution is 2.17. The summed E-state index contributed by atoms with van der Waals surface area (Å²) in [5, 5.41) is 14.0. The third-order valence-corrected chi connectivity index (χ3v) is 5.02. The Kier molecular flexibility index (Phi) is 6.92. The highest BCUT2D eigenvalue weighted by atomic mass is 32.2. The fourth-order valence-electron chi connectivity index (χ4n) is 2.51. The predicted octanol–water partition coefficient (Wildman–Crippen LogP) is 3.97. The molecule has 7 nitrogen and oxygen atoms in total. The molecule has 3 aromatic rings. The number of hydrogen-bond donors (Lipinski definition) is 2. The minimum atomic E-state index is -0.267. The Labute approximate surface area is 178 Å². The first-order valence-corrected chi connectivity index (χ1v) is 10.1. The van der Waals surface area contributed by atoms with Gasteiger partial charge < -0.3 is 10.6 Å². The van der Waals surface area contributed by atoms with Gasteiger partial charge in [-0.05, 0) is 50.2 Å². The number of thioether (sulfide) groups is 1. The fraction of sp³-hybridized carbons (Fsp3) is 0.136. The van der Waals surface area contributed by atoms with Crippen molar-refractivity contribution in [1.82, 2.24) is 10.2 Å². The number of Topliss-reactive ketones (excluding diaryl/α,β-unsaturated/α-hetero) is 1. The number of rotatable bonds is 7. The van der Waals surface area contributed by atoms with Gasteiger partial charge in [-0.3, -0.25) is 14.4 Å². The third-order valence-electron chi connectivity index (χ3n) is 4.10. The van der Waals surface area contributed by atoms with E-state index in [2.05, 4.69) is 20.8 Å².